The first-order chi connectivity index (χ1) is 13.1. The lowest BCUT2D eigenvalue weighted by atomic mass is 10.2. The van der Waals surface area contributed by atoms with Crippen LogP contribution in [0.3, 0.4) is 0 Å². The average Bonchev–Trinajstić information content (AvgIpc) is 2.71. The van der Waals surface area contributed by atoms with E-state index in [4.69, 9.17) is 21.1 Å². The minimum absolute atomic E-state index is 0.0298. The van der Waals surface area contributed by atoms with E-state index in [1.807, 2.05) is 60.7 Å². The molecule has 6 heteroatoms. The second-order valence-corrected chi connectivity index (χ2v) is 6.09. The van der Waals surface area contributed by atoms with Gasteiger partial charge in [0, 0.05) is 6.20 Å². The van der Waals surface area contributed by atoms with E-state index >= 15 is 0 Å². The Labute approximate surface area is 161 Å². The Bertz CT molecular complexity index is 929. The minimum Gasteiger partial charge on any atom is -0.457 e. The number of benzene rings is 2. The van der Waals surface area contributed by atoms with E-state index in [0.29, 0.717) is 0 Å². The number of esters is 2. The normalized spacial score (nSPS) is 10.3. The average molecular weight is 382 g/mol. The van der Waals surface area contributed by atoms with Gasteiger partial charge in [0.2, 0.25) is 0 Å². The quantitative estimate of drug-likeness (QED) is 0.590. The van der Waals surface area contributed by atoms with E-state index < -0.39 is 11.9 Å². The zero-order valence-electron chi connectivity index (χ0n) is 14.3. The molecule has 1 aromatic heterocycles. The summed E-state index contributed by atoms with van der Waals surface area (Å²) < 4.78 is 10.4. The number of pyridine rings is 1. The molecule has 0 bridgehead atoms. The van der Waals surface area contributed by atoms with E-state index in [-0.39, 0.29) is 29.5 Å². The van der Waals surface area contributed by atoms with Gasteiger partial charge in [-0.1, -0.05) is 72.3 Å². The van der Waals surface area contributed by atoms with E-state index in [0.717, 1.165) is 11.1 Å². The van der Waals surface area contributed by atoms with Crippen molar-refractivity contribution in [3.05, 3.63) is 100 Å². The Morgan fingerprint density at radius 1 is 0.815 bits per heavy atom. The summed E-state index contributed by atoms with van der Waals surface area (Å²) in [7, 11) is 0. The molecule has 2 aromatic carbocycles. The van der Waals surface area contributed by atoms with Crippen LogP contribution in [0.1, 0.15) is 32.0 Å². The Morgan fingerprint density at radius 2 is 1.33 bits per heavy atom. The zero-order chi connectivity index (χ0) is 19.1. The highest BCUT2D eigenvalue weighted by Gasteiger charge is 2.17. The molecule has 0 aliphatic rings. The van der Waals surface area contributed by atoms with Crippen LogP contribution in [0, 0.1) is 0 Å². The molecule has 27 heavy (non-hydrogen) atoms. The van der Waals surface area contributed by atoms with Crippen LogP contribution >= 0.6 is 11.6 Å². The largest absolute Gasteiger partial charge is 0.457 e. The van der Waals surface area contributed by atoms with Crippen LogP contribution in [0.15, 0.2) is 72.9 Å². The van der Waals surface area contributed by atoms with Crippen molar-refractivity contribution in [3.63, 3.8) is 0 Å². The van der Waals surface area contributed by atoms with E-state index in [1.54, 1.807) is 0 Å². The van der Waals surface area contributed by atoms with Crippen molar-refractivity contribution in [2.75, 3.05) is 0 Å². The zero-order valence-corrected chi connectivity index (χ0v) is 15.1. The third-order valence-electron chi connectivity index (χ3n) is 3.70. The first kappa shape index (κ1) is 18.6. The van der Waals surface area contributed by atoms with Gasteiger partial charge < -0.3 is 9.47 Å². The summed E-state index contributed by atoms with van der Waals surface area (Å²) >= 11 is 6.10. The molecular weight excluding hydrogens is 366 g/mol. The maximum absolute atomic E-state index is 12.1. The lowest BCUT2D eigenvalue weighted by molar-refractivity contribution is 0.0453. The van der Waals surface area contributed by atoms with Gasteiger partial charge in [0.1, 0.15) is 13.2 Å². The Morgan fingerprint density at radius 3 is 1.85 bits per heavy atom. The molecule has 136 valence electrons. The SMILES string of the molecule is O=C(OCc1ccccc1)c1cnc(C(=O)OCc2ccccc2)c(Cl)c1. The van der Waals surface area contributed by atoms with Crippen LogP contribution in [-0.2, 0) is 22.7 Å². The van der Waals surface area contributed by atoms with Gasteiger partial charge >= 0.3 is 11.9 Å². The second kappa shape index (κ2) is 8.96. The van der Waals surface area contributed by atoms with E-state index in [9.17, 15) is 9.59 Å². The van der Waals surface area contributed by atoms with Gasteiger partial charge in [-0.25, -0.2) is 14.6 Å². The molecule has 0 saturated heterocycles. The molecule has 0 aliphatic heterocycles. The number of hydrogen-bond donors (Lipinski definition) is 0. The molecule has 0 saturated carbocycles. The van der Waals surface area contributed by atoms with Crippen molar-refractivity contribution in [2.45, 2.75) is 13.2 Å². The molecule has 0 spiro atoms. The third-order valence-corrected chi connectivity index (χ3v) is 3.98. The molecule has 1 heterocycles. The van der Waals surface area contributed by atoms with Crippen LogP contribution < -0.4 is 0 Å². The highest BCUT2D eigenvalue weighted by atomic mass is 35.5. The van der Waals surface area contributed by atoms with Crippen molar-refractivity contribution in [2.24, 2.45) is 0 Å². The second-order valence-electron chi connectivity index (χ2n) is 5.68. The number of rotatable bonds is 6. The number of aromatic nitrogens is 1. The van der Waals surface area contributed by atoms with Gasteiger partial charge in [-0.2, -0.15) is 0 Å². The third kappa shape index (κ3) is 5.15. The number of carbonyl (C=O) groups excluding carboxylic acids is 2. The standard InChI is InChI=1S/C21H16ClNO4/c22-18-11-17(20(24)26-13-15-7-3-1-4-8-15)12-23-19(18)21(25)27-14-16-9-5-2-6-10-16/h1-12H,13-14H2. The fraction of sp³-hybridized carbons (Fsp3) is 0.0952. The molecule has 0 unspecified atom stereocenters. The fourth-order valence-electron chi connectivity index (χ4n) is 2.30. The summed E-state index contributed by atoms with van der Waals surface area (Å²) in [6.07, 6.45) is 1.25. The van der Waals surface area contributed by atoms with Crippen molar-refractivity contribution >= 4 is 23.5 Å². The fourth-order valence-corrected chi connectivity index (χ4v) is 2.54. The summed E-state index contributed by atoms with van der Waals surface area (Å²) in [6.45, 7) is 0.247. The molecule has 0 fully saturated rings. The van der Waals surface area contributed by atoms with Crippen molar-refractivity contribution in [1.82, 2.24) is 4.98 Å². The van der Waals surface area contributed by atoms with Crippen LogP contribution in [-0.4, -0.2) is 16.9 Å². The van der Waals surface area contributed by atoms with Gasteiger partial charge in [0.15, 0.2) is 5.69 Å². The number of hydrogen-bond acceptors (Lipinski definition) is 5. The molecule has 0 amide bonds. The summed E-state index contributed by atoms with van der Waals surface area (Å²) in [5.41, 5.74) is 1.83. The molecular formula is C21H16ClNO4. The van der Waals surface area contributed by atoms with Crippen LogP contribution in [0.4, 0.5) is 0 Å². The predicted octanol–water partition coefficient (Wildman–Crippen LogP) is 4.45. The number of ether oxygens (including phenoxy) is 2. The lowest BCUT2D eigenvalue weighted by Gasteiger charge is -2.08. The van der Waals surface area contributed by atoms with Crippen LogP contribution in [0.2, 0.25) is 5.02 Å². The number of nitrogens with zero attached hydrogens (tertiary/aromatic N) is 1. The molecule has 0 radical (unpaired) electrons. The monoisotopic (exact) mass is 381 g/mol. The van der Waals surface area contributed by atoms with Crippen molar-refractivity contribution < 1.29 is 19.1 Å². The smallest absolute Gasteiger partial charge is 0.358 e. The Balaban J connectivity index is 1.60. The van der Waals surface area contributed by atoms with E-state index in [2.05, 4.69) is 4.98 Å². The number of halogens is 1. The Kier molecular flexibility index (Phi) is 6.18. The molecule has 0 aliphatic carbocycles. The van der Waals surface area contributed by atoms with Crippen molar-refractivity contribution in [1.29, 1.82) is 0 Å². The Hall–Kier alpha value is -3.18. The van der Waals surface area contributed by atoms with Crippen LogP contribution in [0.5, 0.6) is 0 Å². The molecule has 3 aromatic rings. The first-order valence-corrected chi connectivity index (χ1v) is 8.59. The molecule has 3 rings (SSSR count). The summed E-state index contributed by atoms with van der Waals surface area (Å²) in [4.78, 5) is 28.2. The van der Waals surface area contributed by atoms with Gasteiger partial charge in [-0.15, -0.1) is 0 Å². The molecule has 5 nitrogen and oxygen atoms in total. The van der Waals surface area contributed by atoms with Gasteiger partial charge in [0.05, 0.1) is 10.6 Å². The summed E-state index contributed by atoms with van der Waals surface area (Å²) in [5.74, 6) is -1.23. The minimum atomic E-state index is -0.659. The molecule has 0 atom stereocenters. The van der Waals surface area contributed by atoms with E-state index in [1.165, 1.54) is 12.3 Å². The van der Waals surface area contributed by atoms with Crippen LogP contribution in [0.25, 0.3) is 0 Å². The summed E-state index contributed by atoms with van der Waals surface area (Å²) in [5, 5.41) is 0.0298. The summed E-state index contributed by atoms with van der Waals surface area (Å²) in [6, 6.07) is 19.9. The first-order valence-electron chi connectivity index (χ1n) is 8.21. The maximum atomic E-state index is 12.1. The van der Waals surface area contributed by atoms with Gasteiger partial charge in [0.25, 0.3) is 0 Å². The van der Waals surface area contributed by atoms with Crippen molar-refractivity contribution in [3.8, 4) is 0 Å². The highest BCUT2D eigenvalue weighted by molar-refractivity contribution is 6.33. The highest BCUT2D eigenvalue weighted by Crippen LogP contribution is 2.18. The maximum Gasteiger partial charge on any atom is 0.358 e. The topological polar surface area (TPSA) is 65.5 Å². The lowest BCUT2D eigenvalue weighted by Crippen LogP contribution is -2.11. The molecule has 0 N–H and O–H groups in total. The predicted molar refractivity (Wildman–Crippen MR) is 100 cm³/mol. The number of carbonyl (C=O) groups is 2. The van der Waals surface area contributed by atoms with Gasteiger partial charge in [-0.3, -0.25) is 0 Å². The van der Waals surface area contributed by atoms with Gasteiger partial charge in [-0.05, 0) is 17.2 Å².